The molecule has 4 heteroatoms. The molecule has 0 radical (unpaired) electrons. The maximum absolute atomic E-state index is 13.5. The molecule has 0 atom stereocenters. The molecular weight excluding hydrogens is 243 g/mol. The molecule has 0 saturated heterocycles. The van der Waals surface area contributed by atoms with E-state index >= 15 is 0 Å². The second kappa shape index (κ2) is 6.85. The molecule has 0 unspecified atom stereocenters. The molecule has 0 amide bonds. The number of ether oxygens (including phenoxy) is 1. The van der Waals surface area contributed by atoms with E-state index in [2.05, 4.69) is 10.3 Å². The van der Waals surface area contributed by atoms with Crippen LogP contribution in [0.25, 0.3) is 0 Å². The Labute approximate surface area is 112 Å². The van der Waals surface area contributed by atoms with Gasteiger partial charge in [-0.15, -0.1) is 0 Å². The first kappa shape index (κ1) is 13.5. The van der Waals surface area contributed by atoms with Crippen LogP contribution in [0.5, 0.6) is 5.88 Å². The van der Waals surface area contributed by atoms with Gasteiger partial charge in [0.25, 0.3) is 0 Å². The Morgan fingerprint density at radius 1 is 1.16 bits per heavy atom. The molecule has 1 N–H and O–H groups in total. The summed E-state index contributed by atoms with van der Waals surface area (Å²) in [5, 5.41) is 3.22. The van der Waals surface area contributed by atoms with Crippen LogP contribution in [0.3, 0.4) is 0 Å². The van der Waals surface area contributed by atoms with Crippen molar-refractivity contribution < 1.29 is 9.13 Å². The van der Waals surface area contributed by atoms with Crippen LogP contribution in [-0.2, 0) is 13.2 Å². The minimum Gasteiger partial charge on any atom is -0.472 e. The zero-order valence-electron chi connectivity index (χ0n) is 10.9. The van der Waals surface area contributed by atoms with E-state index < -0.39 is 0 Å². The van der Waals surface area contributed by atoms with E-state index in [1.807, 2.05) is 19.1 Å². The first-order valence-corrected chi connectivity index (χ1v) is 6.32. The van der Waals surface area contributed by atoms with Gasteiger partial charge >= 0.3 is 0 Å². The number of halogens is 1. The molecule has 0 spiro atoms. The number of hydrogen-bond donors (Lipinski definition) is 1. The van der Waals surface area contributed by atoms with Gasteiger partial charge < -0.3 is 10.1 Å². The van der Waals surface area contributed by atoms with Crippen molar-refractivity contribution in [3.63, 3.8) is 0 Å². The van der Waals surface area contributed by atoms with Crippen molar-refractivity contribution in [3.05, 3.63) is 59.5 Å². The molecule has 100 valence electrons. The van der Waals surface area contributed by atoms with E-state index in [4.69, 9.17) is 4.74 Å². The molecule has 2 aromatic rings. The van der Waals surface area contributed by atoms with Gasteiger partial charge in [-0.05, 0) is 18.7 Å². The molecule has 0 aliphatic heterocycles. The van der Waals surface area contributed by atoms with Crippen molar-refractivity contribution in [2.24, 2.45) is 0 Å². The molecule has 0 saturated carbocycles. The molecule has 0 aliphatic rings. The molecule has 19 heavy (non-hydrogen) atoms. The maximum Gasteiger partial charge on any atom is 0.218 e. The lowest BCUT2D eigenvalue weighted by Crippen LogP contribution is -2.13. The van der Waals surface area contributed by atoms with Crippen LogP contribution in [0.15, 0.2) is 42.6 Å². The van der Waals surface area contributed by atoms with Gasteiger partial charge in [-0.25, -0.2) is 9.37 Å². The first-order valence-electron chi connectivity index (χ1n) is 6.32. The quantitative estimate of drug-likeness (QED) is 0.867. The second-order valence-electron chi connectivity index (χ2n) is 4.13. The summed E-state index contributed by atoms with van der Waals surface area (Å²) < 4.78 is 19.1. The van der Waals surface area contributed by atoms with Crippen molar-refractivity contribution >= 4 is 0 Å². The summed E-state index contributed by atoms with van der Waals surface area (Å²) in [5.41, 5.74) is 1.50. The van der Waals surface area contributed by atoms with Gasteiger partial charge in [-0.1, -0.05) is 31.2 Å². The molecule has 0 aliphatic carbocycles. The van der Waals surface area contributed by atoms with Crippen LogP contribution >= 0.6 is 0 Å². The monoisotopic (exact) mass is 260 g/mol. The van der Waals surface area contributed by atoms with Crippen molar-refractivity contribution in [1.82, 2.24) is 10.3 Å². The summed E-state index contributed by atoms with van der Waals surface area (Å²) in [4.78, 5) is 4.19. The minimum absolute atomic E-state index is 0.183. The van der Waals surface area contributed by atoms with Crippen molar-refractivity contribution in [2.45, 2.75) is 20.1 Å². The number of hydrogen-bond acceptors (Lipinski definition) is 3. The Balaban J connectivity index is 2.05. The lowest BCUT2D eigenvalue weighted by molar-refractivity contribution is 0.284. The maximum atomic E-state index is 13.5. The average molecular weight is 260 g/mol. The van der Waals surface area contributed by atoms with Crippen LogP contribution in [-0.4, -0.2) is 11.5 Å². The fourth-order valence-electron chi connectivity index (χ4n) is 1.71. The lowest BCUT2D eigenvalue weighted by atomic mass is 10.2. The number of aromatic nitrogens is 1. The van der Waals surface area contributed by atoms with E-state index in [-0.39, 0.29) is 12.4 Å². The predicted molar refractivity (Wildman–Crippen MR) is 72.3 cm³/mol. The van der Waals surface area contributed by atoms with Gasteiger partial charge in [0.05, 0.1) is 0 Å². The molecule has 3 nitrogen and oxygen atoms in total. The third-order valence-electron chi connectivity index (χ3n) is 2.74. The van der Waals surface area contributed by atoms with E-state index in [0.717, 1.165) is 12.1 Å². The van der Waals surface area contributed by atoms with Crippen LogP contribution in [0.4, 0.5) is 4.39 Å². The van der Waals surface area contributed by atoms with Gasteiger partial charge in [-0.3, -0.25) is 0 Å². The van der Waals surface area contributed by atoms with Crippen LogP contribution in [0.2, 0.25) is 0 Å². The highest BCUT2D eigenvalue weighted by molar-refractivity contribution is 5.26. The third-order valence-corrected chi connectivity index (χ3v) is 2.74. The Hall–Kier alpha value is -1.94. The van der Waals surface area contributed by atoms with Crippen LogP contribution in [0.1, 0.15) is 18.1 Å². The molecule has 1 aromatic heterocycles. The average Bonchev–Trinajstić information content (AvgIpc) is 2.45. The standard InChI is InChI=1S/C15H17FN2O/c1-2-17-10-12-7-5-9-18-15(12)19-11-13-6-3-4-8-14(13)16/h3-9,17H,2,10-11H2,1H3. The van der Waals surface area contributed by atoms with Gasteiger partial charge in [0.1, 0.15) is 12.4 Å². The summed E-state index contributed by atoms with van der Waals surface area (Å²) in [6, 6.07) is 10.4. The lowest BCUT2D eigenvalue weighted by Gasteiger charge is -2.10. The van der Waals surface area contributed by atoms with Gasteiger partial charge in [0.2, 0.25) is 5.88 Å². The Bertz CT molecular complexity index is 531. The van der Waals surface area contributed by atoms with Crippen LogP contribution in [0, 0.1) is 5.82 Å². The second-order valence-corrected chi connectivity index (χ2v) is 4.13. The summed E-state index contributed by atoms with van der Waals surface area (Å²) in [5.74, 6) is 0.290. The van der Waals surface area contributed by atoms with Crippen molar-refractivity contribution in [2.75, 3.05) is 6.54 Å². The number of benzene rings is 1. The first-order chi connectivity index (χ1) is 9.31. The SMILES string of the molecule is CCNCc1cccnc1OCc1ccccc1F. The van der Waals surface area contributed by atoms with Crippen molar-refractivity contribution in [1.29, 1.82) is 0 Å². The van der Waals surface area contributed by atoms with Gasteiger partial charge in [0, 0.05) is 23.9 Å². The molecule has 1 heterocycles. The molecule has 2 rings (SSSR count). The van der Waals surface area contributed by atoms with Crippen LogP contribution < -0.4 is 10.1 Å². The minimum atomic E-state index is -0.258. The van der Waals surface area contributed by atoms with Gasteiger partial charge in [0.15, 0.2) is 0 Å². The largest absolute Gasteiger partial charge is 0.472 e. The summed E-state index contributed by atoms with van der Waals surface area (Å²) in [7, 11) is 0. The molecular formula is C15H17FN2O. The highest BCUT2D eigenvalue weighted by Gasteiger charge is 2.06. The van der Waals surface area contributed by atoms with Gasteiger partial charge in [-0.2, -0.15) is 0 Å². The molecule has 0 bridgehead atoms. The molecule has 1 aromatic carbocycles. The zero-order valence-corrected chi connectivity index (χ0v) is 10.9. The normalized spacial score (nSPS) is 10.4. The zero-order chi connectivity index (χ0) is 13.5. The number of pyridine rings is 1. The Morgan fingerprint density at radius 2 is 1.95 bits per heavy atom. The fourth-order valence-corrected chi connectivity index (χ4v) is 1.71. The van der Waals surface area contributed by atoms with E-state index in [1.54, 1.807) is 24.4 Å². The van der Waals surface area contributed by atoms with E-state index in [9.17, 15) is 4.39 Å². The number of nitrogens with zero attached hydrogens (tertiary/aromatic N) is 1. The Morgan fingerprint density at radius 3 is 2.74 bits per heavy atom. The predicted octanol–water partition coefficient (Wildman–Crippen LogP) is 2.91. The number of rotatable bonds is 6. The highest BCUT2D eigenvalue weighted by Crippen LogP contribution is 2.16. The Kier molecular flexibility index (Phi) is 4.86. The smallest absolute Gasteiger partial charge is 0.218 e. The topological polar surface area (TPSA) is 34.2 Å². The number of nitrogens with one attached hydrogen (secondary N) is 1. The van der Waals surface area contributed by atoms with Crippen molar-refractivity contribution in [3.8, 4) is 5.88 Å². The van der Waals surface area contributed by atoms with E-state index in [0.29, 0.717) is 18.0 Å². The third kappa shape index (κ3) is 3.76. The summed E-state index contributed by atoms with van der Waals surface area (Å²) in [6.07, 6.45) is 1.67. The summed E-state index contributed by atoms with van der Waals surface area (Å²) >= 11 is 0. The van der Waals surface area contributed by atoms with E-state index in [1.165, 1.54) is 6.07 Å². The summed E-state index contributed by atoms with van der Waals surface area (Å²) in [6.45, 7) is 3.79. The fraction of sp³-hybridized carbons (Fsp3) is 0.267. The molecule has 0 fully saturated rings. The highest BCUT2D eigenvalue weighted by atomic mass is 19.1.